The van der Waals surface area contributed by atoms with Gasteiger partial charge in [-0.25, -0.2) is 27.8 Å². The molecule has 0 radical (unpaired) electrons. The molecule has 0 aliphatic carbocycles. The maximum absolute atomic E-state index is 14.5. The second-order valence-corrected chi connectivity index (χ2v) is 10.5. The van der Waals surface area contributed by atoms with Gasteiger partial charge in [0.25, 0.3) is 0 Å². The van der Waals surface area contributed by atoms with Gasteiger partial charge in [0.2, 0.25) is 5.95 Å². The number of halogens is 1. The second-order valence-electron chi connectivity index (χ2n) is 8.46. The van der Waals surface area contributed by atoms with E-state index in [1.54, 1.807) is 0 Å². The van der Waals surface area contributed by atoms with Crippen LogP contribution in [-0.4, -0.2) is 53.1 Å². The quantitative estimate of drug-likeness (QED) is 0.351. The first-order valence-electron chi connectivity index (χ1n) is 11.2. The van der Waals surface area contributed by atoms with Crippen LogP contribution in [0.25, 0.3) is 0 Å². The van der Waals surface area contributed by atoms with Crippen LogP contribution in [0, 0.1) is 22.6 Å². The van der Waals surface area contributed by atoms with Crippen LogP contribution in [0.2, 0.25) is 0 Å². The largest absolute Gasteiger partial charge is 0.349 e. The van der Waals surface area contributed by atoms with Crippen molar-refractivity contribution in [3.05, 3.63) is 60.0 Å². The highest BCUT2D eigenvalue weighted by Gasteiger charge is 2.25. The van der Waals surface area contributed by atoms with Crippen LogP contribution < -0.4 is 15.7 Å². The van der Waals surface area contributed by atoms with Crippen molar-refractivity contribution in [3.8, 4) is 0 Å². The topological polar surface area (TPSA) is 141 Å². The molecule has 3 aromatic rings. The number of benzene rings is 1. The summed E-state index contributed by atoms with van der Waals surface area (Å²) in [5.74, 6) is 0.0659. The monoisotopic (exact) mass is 498 g/mol. The Labute approximate surface area is 202 Å². The number of hydrogen-bond donors (Lipinski definition) is 3. The van der Waals surface area contributed by atoms with Crippen molar-refractivity contribution in [1.29, 1.82) is 10.8 Å². The van der Waals surface area contributed by atoms with Gasteiger partial charge in [0.15, 0.2) is 15.3 Å². The summed E-state index contributed by atoms with van der Waals surface area (Å²) < 4.78 is 39.2. The highest BCUT2D eigenvalue weighted by atomic mass is 32.2. The van der Waals surface area contributed by atoms with Gasteiger partial charge in [0, 0.05) is 37.7 Å². The van der Waals surface area contributed by atoms with Crippen molar-refractivity contribution in [2.75, 3.05) is 29.6 Å². The Hall–Kier alpha value is -3.67. The van der Waals surface area contributed by atoms with E-state index in [9.17, 15) is 12.8 Å². The van der Waals surface area contributed by atoms with Crippen molar-refractivity contribution in [2.24, 2.45) is 5.92 Å². The Morgan fingerprint density at radius 3 is 2.46 bits per heavy atom. The number of rotatable bonds is 6. The van der Waals surface area contributed by atoms with E-state index < -0.39 is 15.7 Å². The summed E-state index contributed by atoms with van der Waals surface area (Å²) in [4.78, 5) is 14.9. The molecule has 4 rings (SSSR count). The van der Waals surface area contributed by atoms with Gasteiger partial charge in [0.05, 0.1) is 16.8 Å². The molecule has 0 amide bonds. The van der Waals surface area contributed by atoms with Gasteiger partial charge in [0.1, 0.15) is 23.7 Å². The van der Waals surface area contributed by atoms with Gasteiger partial charge in [-0.15, -0.1) is 0 Å². The molecule has 184 valence electrons. The third-order valence-electron chi connectivity index (χ3n) is 6.04. The Bertz CT molecular complexity index is 1400. The summed E-state index contributed by atoms with van der Waals surface area (Å²) >= 11 is 0. The predicted octanol–water partition coefficient (Wildman–Crippen LogP) is 2.74. The highest BCUT2D eigenvalue weighted by Crippen LogP contribution is 2.23. The summed E-state index contributed by atoms with van der Waals surface area (Å²) in [5.41, 5.74) is 1.25. The van der Waals surface area contributed by atoms with Gasteiger partial charge >= 0.3 is 0 Å². The predicted molar refractivity (Wildman–Crippen MR) is 130 cm³/mol. The van der Waals surface area contributed by atoms with Crippen LogP contribution in [0.3, 0.4) is 0 Å². The first kappa shape index (κ1) is 24.5. The Morgan fingerprint density at radius 2 is 1.86 bits per heavy atom. The number of hydrogen-bond acceptors (Lipinski definition) is 9. The summed E-state index contributed by atoms with van der Waals surface area (Å²) in [5, 5.41) is 20.0. The fourth-order valence-corrected chi connectivity index (χ4v) is 4.55. The van der Waals surface area contributed by atoms with Crippen molar-refractivity contribution in [2.45, 2.75) is 31.1 Å². The van der Waals surface area contributed by atoms with Gasteiger partial charge in [-0.1, -0.05) is 6.92 Å². The van der Waals surface area contributed by atoms with Crippen LogP contribution in [0.4, 0.5) is 21.7 Å². The number of nitrogens with one attached hydrogen (secondary N) is 3. The first-order valence-corrected chi connectivity index (χ1v) is 13.1. The third-order valence-corrected chi connectivity index (χ3v) is 7.15. The molecule has 0 unspecified atom stereocenters. The number of nitrogens with zero attached hydrogens (tertiary/aromatic N) is 5. The molecular formula is C23H27FN8O2S. The van der Waals surface area contributed by atoms with Crippen LogP contribution in [0.15, 0.2) is 48.0 Å². The van der Waals surface area contributed by atoms with E-state index >= 15 is 0 Å². The van der Waals surface area contributed by atoms with Gasteiger partial charge in [-0.05, 0) is 43.0 Å². The summed E-state index contributed by atoms with van der Waals surface area (Å²) in [7, 11) is -3.54. The molecule has 1 aliphatic heterocycles. The molecule has 10 nitrogen and oxygen atoms in total. The number of piperidine rings is 1. The van der Waals surface area contributed by atoms with Gasteiger partial charge in [-0.3, -0.25) is 15.4 Å². The molecule has 1 fully saturated rings. The molecule has 1 saturated heterocycles. The molecular weight excluding hydrogens is 471 g/mol. The van der Waals surface area contributed by atoms with Gasteiger partial charge < -0.3 is 10.2 Å². The molecule has 0 saturated carbocycles. The zero-order chi connectivity index (χ0) is 25.2. The zero-order valence-electron chi connectivity index (χ0n) is 19.5. The van der Waals surface area contributed by atoms with Crippen molar-refractivity contribution in [3.63, 3.8) is 0 Å². The average molecular weight is 499 g/mol. The molecule has 3 N–H and O–H groups in total. The fourth-order valence-electron chi connectivity index (χ4n) is 3.91. The van der Waals surface area contributed by atoms with Crippen molar-refractivity contribution >= 4 is 33.0 Å². The lowest BCUT2D eigenvalue weighted by Crippen LogP contribution is -2.41. The molecule has 0 bridgehead atoms. The number of aryl methyl sites for hydroxylation is 1. The minimum atomic E-state index is -3.54. The van der Waals surface area contributed by atoms with E-state index in [1.165, 1.54) is 29.2 Å². The van der Waals surface area contributed by atoms with Crippen LogP contribution in [0.1, 0.15) is 25.3 Å². The van der Waals surface area contributed by atoms with Crippen LogP contribution in [-0.2, 0) is 16.3 Å². The smallest absolute Gasteiger partial charge is 0.225 e. The molecule has 35 heavy (non-hydrogen) atoms. The Balaban J connectivity index is 1.47. The molecule has 1 aromatic carbocycles. The second kappa shape index (κ2) is 9.90. The number of aromatic nitrogens is 4. The summed E-state index contributed by atoms with van der Waals surface area (Å²) in [6.07, 6.45) is 9.72. The van der Waals surface area contributed by atoms with E-state index in [1.807, 2.05) is 12.4 Å². The SMILES string of the molecule is CCc1cnc(N2CCC(C(=N)n3cncc(Nc4ccc(S(C)(=O)=O)cc4F)c3=N)CC2)nc1. The standard InChI is InChI=1S/C23H27FN8O2S/c1-3-15-11-28-23(29-12-15)31-8-6-16(7-9-31)21(25)32-14-27-13-20(22(32)26)30-19-5-4-17(10-18(19)24)35(2,33)34/h4-5,10-14,16,25-26,30H,3,6-9H2,1-2H3. The minimum absolute atomic E-state index is 0.0133. The van der Waals surface area contributed by atoms with E-state index in [2.05, 4.69) is 32.1 Å². The maximum atomic E-state index is 14.5. The Kier molecular flexibility index (Phi) is 6.92. The normalized spacial score (nSPS) is 14.7. The van der Waals surface area contributed by atoms with Crippen molar-refractivity contribution in [1.82, 2.24) is 19.5 Å². The zero-order valence-corrected chi connectivity index (χ0v) is 20.3. The number of anilines is 3. The van der Waals surface area contributed by atoms with Crippen LogP contribution in [0.5, 0.6) is 0 Å². The van der Waals surface area contributed by atoms with Crippen molar-refractivity contribution < 1.29 is 12.8 Å². The molecule has 0 spiro atoms. The van der Waals surface area contributed by atoms with E-state index in [0.717, 1.165) is 24.3 Å². The van der Waals surface area contributed by atoms with Crippen LogP contribution >= 0.6 is 0 Å². The number of sulfone groups is 1. The van der Waals surface area contributed by atoms with E-state index in [0.29, 0.717) is 31.9 Å². The molecule has 0 atom stereocenters. The lowest BCUT2D eigenvalue weighted by Gasteiger charge is -2.32. The lowest BCUT2D eigenvalue weighted by molar-refractivity contribution is 0.484. The lowest BCUT2D eigenvalue weighted by atomic mass is 9.95. The molecule has 2 aromatic heterocycles. The highest BCUT2D eigenvalue weighted by molar-refractivity contribution is 7.90. The maximum Gasteiger partial charge on any atom is 0.225 e. The Morgan fingerprint density at radius 1 is 1.17 bits per heavy atom. The average Bonchev–Trinajstić information content (AvgIpc) is 2.85. The summed E-state index contributed by atoms with van der Waals surface area (Å²) in [6, 6.07) is 3.53. The molecule has 12 heteroatoms. The molecule has 1 aliphatic rings. The molecule has 3 heterocycles. The first-order chi connectivity index (χ1) is 16.7. The van der Waals surface area contributed by atoms with Gasteiger partial charge in [-0.2, -0.15) is 0 Å². The third kappa shape index (κ3) is 5.37. The fraction of sp³-hybridized carbons (Fsp3) is 0.348. The van der Waals surface area contributed by atoms with E-state index in [4.69, 9.17) is 10.8 Å². The van der Waals surface area contributed by atoms with E-state index in [-0.39, 0.29) is 33.5 Å². The minimum Gasteiger partial charge on any atom is -0.349 e. The summed E-state index contributed by atoms with van der Waals surface area (Å²) in [6.45, 7) is 3.43.